The first kappa shape index (κ1) is 24.8. The third-order valence-corrected chi connectivity index (χ3v) is 7.68. The lowest BCUT2D eigenvalue weighted by atomic mass is 10.1. The molecule has 8 heteroatoms. The summed E-state index contributed by atoms with van der Waals surface area (Å²) >= 11 is 10.7. The van der Waals surface area contributed by atoms with Gasteiger partial charge >= 0.3 is 0 Å². The van der Waals surface area contributed by atoms with Gasteiger partial charge in [0.25, 0.3) is 0 Å². The summed E-state index contributed by atoms with van der Waals surface area (Å²) in [6.45, 7) is 1.70. The first-order valence-electron chi connectivity index (χ1n) is 9.76. The summed E-state index contributed by atoms with van der Waals surface area (Å²) in [7, 11) is 6.35. The Morgan fingerprint density at radius 3 is 1.40 bits per heavy atom. The van der Waals surface area contributed by atoms with Crippen LogP contribution in [0.15, 0.2) is 48.5 Å². The van der Waals surface area contributed by atoms with E-state index in [0.717, 1.165) is 58.9 Å². The molecule has 0 saturated carbocycles. The normalized spacial score (nSPS) is 10.3. The average Bonchev–Trinajstić information content (AvgIpc) is 2.79. The number of methoxy groups -OCH3 is 2. The number of nitrogens with one attached hydrogen (secondary N) is 2. The van der Waals surface area contributed by atoms with Gasteiger partial charge in [0.1, 0.15) is 20.1 Å². The fourth-order valence-corrected chi connectivity index (χ4v) is 4.78. The number of hydrogen-bond acceptors (Lipinski definition) is 6. The second-order valence-corrected chi connectivity index (χ2v) is 9.98. The van der Waals surface area contributed by atoms with E-state index in [1.165, 1.54) is 32.7 Å². The third kappa shape index (κ3) is 10.0. The van der Waals surface area contributed by atoms with Crippen LogP contribution in [0.1, 0.15) is 24.0 Å². The fraction of sp³-hybridized carbons (Fsp3) is 0.364. The SMILES string of the molecule is COc1ccc(CCCNC(=S)SSC(=S)NCCCc2ccc(OC)cc2)cc1. The van der Waals surface area contributed by atoms with Crippen molar-refractivity contribution in [2.24, 2.45) is 0 Å². The Labute approximate surface area is 198 Å². The maximum atomic E-state index is 5.37. The van der Waals surface area contributed by atoms with E-state index in [4.69, 9.17) is 33.9 Å². The van der Waals surface area contributed by atoms with Crippen molar-refractivity contribution < 1.29 is 9.47 Å². The van der Waals surface area contributed by atoms with Gasteiger partial charge in [-0.15, -0.1) is 0 Å². The standard InChI is InChI=1S/C22H28N2O2S4/c1-25-19-11-7-17(8-12-19)5-3-15-23-21(27)29-30-22(28)24-16-4-6-18-9-13-20(26-2)14-10-18/h7-14H,3-6,15-16H2,1-2H3,(H,23,27)(H,24,28). The fourth-order valence-electron chi connectivity index (χ4n) is 2.68. The van der Waals surface area contributed by atoms with Crippen molar-refractivity contribution in [1.82, 2.24) is 10.6 Å². The van der Waals surface area contributed by atoms with E-state index in [9.17, 15) is 0 Å². The van der Waals surface area contributed by atoms with Crippen LogP contribution in [0.3, 0.4) is 0 Å². The van der Waals surface area contributed by atoms with Gasteiger partial charge in [-0.2, -0.15) is 0 Å². The van der Waals surface area contributed by atoms with E-state index in [1.54, 1.807) is 14.2 Å². The Morgan fingerprint density at radius 1 is 0.700 bits per heavy atom. The number of aryl methyl sites for hydroxylation is 2. The minimum absolute atomic E-state index is 0.761. The topological polar surface area (TPSA) is 42.5 Å². The summed E-state index contributed by atoms with van der Waals surface area (Å²) in [5.74, 6) is 1.77. The van der Waals surface area contributed by atoms with Gasteiger partial charge in [-0.05, 0) is 82.7 Å². The van der Waals surface area contributed by atoms with Crippen LogP contribution in [0, 0.1) is 0 Å². The van der Waals surface area contributed by atoms with Crippen LogP contribution in [-0.4, -0.2) is 36.0 Å². The molecule has 0 aliphatic rings. The number of thiocarbonyl (C=S) groups is 2. The smallest absolute Gasteiger partial charge is 0.144 e. The lowest BCUT2D eigenvalue weighted by Crippen LogP contribution is -2.22. The van der Waals surface area contributed by atoms with Crippen LogP contribution in [0.5, 0.6) is 11.5 Å². The molecule has 0 fully saturated rings. The average molecular weight is 481 g/mol. The molecule has 2 rings (SSSR count). The Balaban J connectivity index is 1.49. The molecule has 0 aliphatic heterocycles. The van der Waals surface area contributed by atoms with Crippen LogP contribution >= 0.6 is 46.0 Å². The van der Waals surface area contributed by atoms with Crippen molar-refractivity contribution >= 4 is 54.7 Å². The van der Waals surface area contributed by atoms with Crippen molar-refractivity contribution in [3.63, 3.8) is 0 Å². The first-order chi connectivity index (χ1) is 14.6. The predicted octanol–water partition coefficient (Wildman–Crippen LogP) is 5.40. The monoisotopic (exact) mass is 480 g/mol. The zero-order valence-corrected chi connectivity index (χ0v) is 20.6. The Morgan fingerprint density at radius 2 is 1.07 bits per heavy atom. The number of rotatable bonds is 10. The molecule has 0 bridgehead atoms. The summed E-state index contributed by atoms with van der Waals surface area (Å²) in [4.78, 5) is 0. The molecule has 0 amide bonds. The lowest BCUT2D eigenvalue weighted by molar-refractivity contribution is 0.414. The van der Waals surface area contributed by atoms with E-state index in [-0.39, 0.29) is 0 Å². The first-order valence-corrected chi connectivity index (χ1v) is 12.7. The van der Waals surface area contributed by atoms with Gasteiger partial charge in [0, 0.05) is 13.1 Å². The maximum absolute atomic E-state index is 5.37. The molecule has 2 aromatic carbocycles. The van der Waals surface area contributed by atoms with E-state index in [2.05, 4.69) is 34.9 Å². The minimum Gasteiger partial charge on any atom is -0.497 e. The molecule has 0 unspecified atom stereocenters. The number of ether oxygens (including phenoxy) is 2. The molecule has 2 N–H and O–H groups in total. The van der Waals surface area contributed by atoms with Crippen molar-refractivity contribution in [3.8, 4) is 11.5 Å². The molecule has 0 atom stereocenters. The highest BCUT2D eigenvalue weighted by atomic mass is 33.1. The van der Waals surface area contributed by atoms with Crippen molar-refractivity contribution in [2.75, 3.05) is 27.3 Å². The highest BCUT2D eigenvalue weighted by Gasteiger charge is 2.03. The van der Waals surface area contributed by atoms with E-state index in [1.807, 2.05) is 24.3 Å². The van der Waals surface area contributed by atoms with Crippen molar-refractivity contribution in [3.05, 3.63) is 59.7 Å². The number of hydrogen-bond donors (Lipinski definition) is 2. The molecule has 4 nitrogen and oxygen atoms in total. The van der Waals surface area contributed by atoms with Gasteiger partial charge in [0.05, 0.1) is 14.2 Å². The summed E-state index contributed by atoms with van der Waals surface area (Å²) in [6.07, 6.45) is 4.05. The highest BCUT2D eigenvalue weighted by Crippen LogP contribution is 2.23. The molecule has 0 radical (unpaired) electrons. The van der Waals surface area contributed by atoms with Gasteiger partial charge in [-0.1, -0.05) is 48.7 Å². The molecule has 0 saturated heterocycles. The maximum Gasteiger partial charge on any atom is 0.144 e. The zero-order valence-electron chi connectivity index (χ0n) is 17.3. The number of benzene rings is 2. The molecule has 30 heavy (non-hydrogen) atoms. The van der Waals surface area contributed by atoms with Crippen LogP contribution in [0.2, 0.25) is 0 Å². The Hall–Kier alpha value is -1.48. The second kappa shape index (κ2) is 14.5. The van der Waals surface area contributed by atoms with Crippen LogP contribution in [0.4, 0.5) is 0 Å². The zero-order chi connectivity index (χ0) is 21.6. The second-order valence-electron chi connectivity index (χ2n) is 6.50. The molecular weight excluding hydrogens is 453 g/mol. The predicted molar refractivity (Wildman–Crippen MR) is 139 cm³/mol. The largest absolute Gasteiger partial charge is 0.497 e. The van der Waals surface area contributed by atoms with Gasteiger partial charge in [0.15, 0.2) is 0 Å². The van der Waals surface area contributed by atoms with Crippen LogP contribution in [-0.2, 0) is 12.8 Å². The molecule has 162 valence electrons. The summed E-state index contributed by atoms with van der Waals surface area (Å²) in [6, 6.07) is 16.4. The Kier molecular flexibility index (Phi) is 12.0. The lowest BCUT2D eigenvalue weighted by Gasteiger charge is -2.09. The van der Waals surface area contributed by atoms with Gasteiger partial charge in [0.2, 0.25) is 0 Å². The molecular formula is C22H28N2O2S4. The van der Waals surface area contributed by atoms with Crippen molar-refractivity contribution in [1.29, 1.82) is 0 Å². The minimum atomic E-state index is 0.761. The molecule has 0 spiro atoms. The highest BCUT2D eigenvalue weighted by molar-refractivity contribution is 8.89. The van der Waals surface area contributed by atoms with Gasteiger partial charge < -0.3 is 20.1 Å². The van der Waals surface area contributed by atoms with E-state index in [0.29, 0.717) is 0 Å². The molecule has 0 aromatic heterocycles. The Bertz CT molecular complexity index is 715. The quantitative estimate of drug-likeness (QED) is 0.266. The summed E-state index contributed by atoms with van der Waals surface area (Å²) < 4.78 is 11.9. The van der Waals surface area contributed by atoms with E-state index >= 15 is 0 Å². The van der Waals surface area contributed by atoms with Crippen molar-refractivity contribution in [2.45, 2.75) is 25.7 Å². The third-order valence-electron chi connectivity index (χ3n) is 4.33. The molecule has 0 heterocycles. The van der Waals surface area contributed by atoms with Crippen LogP contribution in [0.25, 0.3) is 0 Å². The van der Waals surface area contributed by atoms with E-state index < -0.39 is 0 Å². The van der Waals surface area contributed by atoms with Gasteiger partial charge in [-0.3, -0.25) is 0 Å². The molecule has 2 aromatic rings. The summed E-state index contributed by atoms with van der Waals surface area (Å²) in [5.41, 5.74) is 2.59. The molecule has 0 aliphatic carbocycles. The summed E-state index contributed by atoms with van der Waals surface area (Å²) in [5, 5.41) is 6.56. The van der Waals surface area contributed by atoms with Gasteiger partial charge in [-0.25, -0.2) is 0 Å². The van der Waals surface area contributed by atoms with Crippen LogP contribution < -0.4 is 20.1 Å².